The number of nitrogens with zero attached hydrogens (tertiary/aromatic N) is 1. The third-order valence-electron chi connectivity index (χ3n) is 4.78. The van der Waals surface area contributed by atoms with E-state index in [-0.39, 0.29) is 12.1 Å². The molecule has 1 heterocycles. The van der Waals surface area contributed by atoms with E-state index in [0.29, 0.717) is 11.4 Å². The van der Waals surface area contributed by atoms with Crippen molar-refractivity contribution in [2.24, 2.45) is 5.73 Å². The molecule has 1 aliphatic carbocycles. The lowest BCUT2D eigenvalue weighted by molar-refractivity contribution is 0.227. The summed E-state index contributed by atoms with van der Waals surface area (Å²) in [5.74, 6) is 0. The Labute approximate surface area is 127 Å². The molecule has 1 aromatic rings. The number of aryl methyl sites for hydroxylation is 2. The van der Waals surface area contributed by atoms with Crippen LogP contribution in [0.25, 0.3) is 0 Å². The largest absolute Gasteiger partial charge is 0.326 e. The topological polar surface area (TPSA) is 63.4 Å². The maximum absolute atomic E-state index is 13.0. The number of benzene rings is 1. The first kappa shape index (κ1) is 15.0. The number of sulfonamides is 1. The Kier molecular flexibility index (Phi) is 4.08. The number of hydrogen-bond donors (Lipinski definition) is 1. The van der Waals surface area contributed by atoms with Crippen LogP contribution in [0.5, 0.6) is 0 Å². The van der Waals surface area contributed by atoms with Gasteiger partial charge in [0, 0.05) is 18.6 Å². The molecule has 0 amide bonds. The fraction of sp³-hybridized carbons (Fsp3) is 0.625. The van der Waals surface area contributed by atoms with Gasteiger partial charge in [0.1, 0.15) is 0 Å². The fourth-order valence-corrected chi connectivity index (χ4v) is 5.42. The van der Waals surface area contributed by atoms with Crippen molar-refractivity contribution in [3.63, 3.8) is 0 Å². The summed E-state index contributed by atoms with van der Waals surface area (Å²) in [6, 6.07) is 5.43. The summed E-state index contributed by atoms with van der Waals surface area (Å²) in [5.41, 5.74) is 8.52. The maximum Gasteiger partial charge on any atom is 0.243 e. The molecule has 0 aromatic heterocycles. The molecule has 4 nitrogen and oxygen atoms in total. The van der Waals surface area contributed by atoms with Gasteiger partial charge in [-0.15, -0.1) is 0 Å². The molecule has 0 radical (unpaired) electrons. The SMILES string of the molecule is CC(N)C1CCCCN1S(=O)(=O)c1ccc2c(c1)CCC2. The molecule has 3 rings (SSSR count). The summed E-state index contributed by atoms with van der Waals surface area (Å²) in [7, 11) is -3.42. The van der Waals surface area contributed by atoms with Gasteiger partial charge in [0.15, 0.2) is 0 Å². The molecule has 21 heavy (non-hydrogen) atoms. The van der Waals surface area contributed by atoms with E-state index in [1.54, 1.807) is 10.4 Å². The number of nitrogens with two attached hydrogens (primary N) is 1. The first-order valence-electron chi connectivity index (χ1n) is 7.89. The normalized spacial score (nSPS) is 24.8. The zero-order chi connectivity index (χ0) is 15.0. The Morgan fingerprint density at radius 3 is 2.71 bits per heavy atom. The van der Waals surface area contributed by atoms with Crippen molar-refractivity contribution in [2.45, 2.75) is 62.4 Å². The Morgan fingerprint density at radius 1 is 1.19 bits per heavy atom. The van der Waals surface area contributed by atoms with Crippen molar-refractivity contribution >= 4 is 10.0 Å². The number of fused-ring (bicyclic) bond motifs is 1. The monoisotopic (exact) mass is 308 g/mol. The molecule has 1 aliphatic heterocycles. The van der Waals surface area contributed by atoms with Crippen molar-refractivity contribution in [1.29, 1.82) is 0 Å². The highest BCUT2D eigenvalue weighted by Crippen LogP contribution is 2.30. The standard InChI is InChI=1S/C16H24N2O2S/c1-12(17)16-7-2-3-10-18(16)21(19,20)15-9-8-13-5-4-6-14(13)11-15/h8-9,11-12,16H,2-7,10,17H2,1H3. The number of hydrogen-bond acceptors (Lipinski definition) is 3. The van der Waals surface area contributed by atoms with E-state index in [1.165, 1.54) is 11.1 Å². The summed E-state index contributed by atoms with van der Waals surface area (Å²) < 4.78 is 27.6. The molecule has 2 atom stereocenters. The molecule has 0 bridgehead atoms. The Morgan fingerprint density at radius 2 is 1.95 bits per heavy atom. The van der Waals surface area contributed by atoms with E-state index in [9.17, 15) is 8.42 Å². The first-order chi connectivity index (χ1) is 10.00. The van der Waals surface area contributed by atoms with Crippen LogP contribution in [0.15, 0.2) is 23.1 Å². The second kappa shape index (κ2) is 5.71. The van der Waals surface area contributed by atoms with Crippen molar-refractivity contribution in [3.05, 3.63) is 29.3 Å². The van der Waals surface area contributed by atoms with Gasteiger partial charge in [-0.3, -0.25) is 0 Å². The molecule has 0 saturated carbocycles. The summed E-state index contributed by atoms with van der Waals surface area (Å²) in [6.07, 6.45) is 6.04. The van der Waals surface area contributed by atoms with E-state index >= 15 is 0 Å². The second-order valence-corrected chi connectivity index (χ2v) is 8.21. The zero-order valence-corrected chi connectivity index (χ0v) is 13.4. The van der Waals surface area contributed by atoms with Crippen LogP contribution in [-0.2, 0) is 22.9 Å². The Hall–Kier alpha value is -0.910. The van der Waals surface area contributed by atoms with Crippen LogP contribution in [0.1, 0.15) is 43.7 Å². The van der Waals surface area contributed by atoms with Crippen molar-refractivity contribution in [1.82, 2.24) is 4.31 Å². The zero-order valence-electron chi connectivity index (χ0n) is 12.6. The van der Waals surface area contributed by atoms with E-state index in [2.05, 4.69) is 0 Å². The minimum Gasteiger partial charge on any atom is -0.326 e. The lowest BCUT2D eigenvalue weighted by atomic mass is 10.00. The van der Waals surface area contributed by atoms with Crippen molar-refractivity contribution in [2.75, 3.05) is 6.54 Å². The molecule has 2 N–H and O–H groups in total. The van der Waals surface area contributed by atoms with Crippen LogP contribution < -0.4 is 5.73 Å². The lowest BCUT2D eigenvalue weighted by Gasteiger charge is -2.37. The number of piperidine rings is 1. The van der Waals surface area contributed by atoms with E-state index in [0.717, 1.165) is 38.5 Å². The molecule has 116 valence electrons. The molecule has 1 saturated heterocycles. The average Bonchev–Trinajstić information content (AvgIpc) is 2.94. The average molecular weight is 308 g/mol. The molecular formula is C16H24N2O2S. The van der Waals surface area contributed by atoms with Crippen molar-refractivity contribution < 1.29 is 8.42 Å². The van der Waals surface area contributed by atoms with Gasteiger partial charge in [-0.2, -0.15) is 4.31 Å². The summed E-state index contributed by atoms with van der Waals surface area (Å²) in [6.45, 7) is 2.49. The van der Waals surface area contributed by atoms with Crippen LogP contribution >= 0.6 is 0 Å². The van der Waals surface area contributed by atoms with Gasteiger partial charge in [0.05, 0.1) is 4.90 Å². The summed E-state index contributed by atoms with van der Waals surface area (Å²) >= 11 is 0. The fourth-order valence-electron chi connectivity index (χ4n) is 3.60. The van der Waals surface area contributed by atoms with Crippen LogP contribution in [0.2, 0.25) is 0 Å². The smallest absolute Gasteiger partial charge is 0.243 e. The molecule has 2 aliphatic rings. The predicted molar refractivity (Wildman–Crippen MR) is 83.6 cm³/mol. The van der Waals surface area contributed by atoms with E-state index < -0.39 is 10.0 Å². The van der Waals surface area contributed by atoms with Gasteiger partial charge in [0.2, 0.25) is 10.0 Å². The number of rotatable bonds is 3. The summed E-state index contributed by atoms with van der Waals surface area (Å²) in [5, 5.41) is 0. The van der Waals surface area contributed by atoms with Crippen LogP contribution in [0, 0.1) is 0 Å². The highest BCUT2D eigenvalue weighted by Gasteiger charge is 2.35. The van der Waals surface area contributed by atoms with Gasteiger partial charge in [0.25, 0.3) is 0 Å². The molecule has 5 heteroatoms. The molecule has 1 aromatic carbocycles. The van der Waals surface area contributed by atoms with Crippen LogP contribution in [0.4, 0.5) is 0 Å². The Balaban J connectivity index is 1.95. The van der Waals surface area contributed by atoms with Gasteiger partial charge in [-0.05, 0) is 62.3 Å². The highest BCUT2D eigenvalue weighted by atomic mass is 32.2. The second-order valence-electron chi connectivity index (χ2n) is 6.32. The van der Waals surface area contributed by atoms with Crippen LogP contribution in [-0.4, -0.2) is 31.4 Å². The predicted octanol–water partition coefficient (Wildman–Crippen LogP) is 2.07. The van der Waals surface area contributed by atoms with Crippen LogP contribution in [0.3, 0.4) is 0 Å². The molecular weight excluding hydrogens is 284 g/mol. The summed E-state index contributed by atoms with van der Waals surface area (Å²) in [4.78, 5) is 0.440. The minimum absolute atomic E-state index is 0.0722. The van der Waals surface area contributed by atoms with Crippen molar-refractivity contribution in [3.8, 4) is 0 Å². The van der Waals surface area contributed by atoms with E-state index in [4.69, 9.17) is 5.73 Å². The first-order valence-corrected chi connectivity index (χ1v) is 9.33. The molecule has 1 fully saturated rings. The highest BCUT2D eigenvalue weighted by molar-refractivity contribution is 7.89. The van der Waals surface area contributed by atoms with Gasteiger partial charge >= 0.3 is 0 Å². The minimum atomic E-state index is -3.42. The quantitative estimate of drug-likeness (QED) is 0.929. The lowest BCUT2D eigenvalue weighted by Crippen LogP contribution is -2.51. The molecule has 0 spiro atoms. The van der Waals surface area contributed by atoms with Gasteiger partial charge < -0.3 is 5.73 Å². The van der Waals surface area contributed by atoms with Gasteiger partial charge in [-0.1, -0.05) is 12.5 Å². The third kappa shape index (κ3) is 2.74. The third-order valence-corrected chi connectivity index (χ3v) is 6.70. The Bertz CT molecular complexity index is 625. The maximum atomic E-state index is 13.0. The molecule has 2 unspecified atom stereocenters. The van der Waals surface area contributed by atoms with Gasteiger partial charge in [-0.25, -0.2) is 8.42 Å². The van der Waals surface area contributed by atoms with E-state index in [1.807, 2.05) is 19.1 Å².